The van der Waals surface area contributed by atoms with E-state index in [9.17, 15) is 14.4 Å². The van der Waals surface area contributed by atoms with Crippen LogP contribution < -0.4 is 15.4 Å². The van der Waals surface area contributed by atoms with Gasteiger partial charge >= 0.3 is 5.97 Å². The SMILES string of the molecule is CCOc1ccc(NC(=O)COC(=O)CCCC(=O)Nc2ccc(Cl)cc2)cc1. The van der Waals surface area contributed by atoms with Crippen molar-refractivity contribution in [3.05, 3.63) is 53.6 Å². The molecular weight excluding hydrogens is 396 g/mol. The van der Waals surface area contributed by atoms with Gasteiger partial charge in [-0.1, -0.05) is 11.6 Å². The number of nitrogens with one attached hydrogen (secondary N) is 2. The Labute approximate surface area is 174 Å². The molecule has 0 spiro atoms. The lowest BCUT2D eigenvalue weighted by Crippen LogP contribution is -2.21. The standard InChI is InChI=1S/C21H23ClN2O5/c1-2-28-18-12-10-17(11-13-18)24-20(26)14-29-21(27)5-3-4-19(25)23-16-8-6-15(22)7-9-16/h6-13H,2-5,14H2,1H3,(H,23,25)(H,24,26). The lowest BCUT2D eigenvalue weighted by atomic mass is 10.2. The second-order valence-electron chi connectivity index (χ2n) is 6.07. The molecule has 0 fully saturated rings. The summed E-state index contributed by atoms with van der Waals surface area (Å²) in [5.74, 6) is -0.487. The second kappa shape index (κ2) is 11.7. The number of carbonyl (C=O) groups is 3. The molecule has 2 rings (SSSR count). The quantitative estimate of drug-likeness (QED) is 0.568. The van der Waals surface area contributed by atoms with Gasteiger partial charge in [0.05, 0.1) is 6.61 Å². The smallest absolute Gasteiger partial charge is 0.306 e. The molecule has 2 aromatic carbocycles. The molecule has 154 valence electrons. The lowest BCUT2D eigenvalue weighted by Gasteiger charge is -2.08. The molecule has 2 N–H and O–H groups in total. The summed E-state index contributed by atoms with van der Waals surface area (Å²) in [5.41, 5.74) is 1.21. The highest BCUT2D eigenvalue weighted by atomic mass is 35.5. The molecule has 0 saturated carbocycles. The first kappa shape index (κ1) is 22.2. The topological polar surface area (TPSA) is 93.7 Å². The van der Waals surface area contributed by atoms with Crippen LogP contribution in [0.1, 0.15) is 26.2 Å². The van der Waals surface area contributed by atoms with Gasteiger partial charge in [-0.15, -0.1) is 0 Å². The minimum absolute atomic E-state index is 0.0460. The Morgan fingerprint density at radius 2 is 1.45 bits per heavy atom. The van der Waals surface area contributed by atoms with Crippen LogP contribution in [0.2, 0.25) is 5.02 Å². The van der Waals surface area contributed by atoms with Crippen molar-refractivity contribution in [3.63, 3.8) is 0 Å². The average Bonchev–Trinajstić information content (AvgIpc) is 2.70. The maximum Gasteiger partial charge on any atom is 0.306 e. The van der Waals surface area contributed by atoms with Crippen LogP contribution in [0.3, 0.4) is 0 Å². The van der Waals surface area contributed by atoms with E-state index in [-0.39, 0.29) is 25.4 Å². The number of esters is 1. The van der Waals surface area contributed by atoms with E-state index in [4.69, 9.17) is 21.1 Å². The van der Waals surface area contributed by atoms with Gasteiger partial charge in [-0.2, -0.15) is 0 Å². The van der Waals surface area contributed by atoms with Crippen LogP contribution in [-0.2, 0) is 19.1 Å². The Kier molecular flexibility index (Phi) is 8.98. The summed E-state index contributed by atoms with van der Waals surface area (Å²) in [6, 6.07) is 13.6. The molecule has 2 amide bonds. The van der Waals surface area contributed by atoms with Crippen molar-refractivity contribution >= 4 is 40.8 Å². The summed E-state index contributed by atoms with van der Waals surface area (Å²) in [7, 11) is 0. The van der Waals surface area contributed by atoms with Crippen LogP contribution in [0, 0.1) is 0 Å². The van der Waals surface area contributed by atoms with Crippen molar-refractivity contribution in [2.24, 2.45) is 0 Å². The van der Waals surface area contributed by atoms with Gasteiger partial charge < -0.3 is 20.1 Å². The highest BCUT2D eigenvalue weighted by molar-refractivity contribution is 6.30. The van der Waals surface area contributed by atoms with E-state index in [1.54, 1.807) is 48.5 Å². The molecule has 0 aromatic heterocycles. The Hall–Kier alpha value is -3.06. The van der Waals surface area contributed by atoms with E-state index >= 15 is 0 Å². The van der Waals surface area contributed by atoms with Crippen LogP contribution in [0.15, 0.2) is 48.5 Å². The zero-order valence-electron chi connectivity index (χ0n) is 16.1. The lowest BCUT2D eigenvalue weighted by molar-refractivity contribution is -0.147. The molecule has 0 radical (unpaired) electrons. The summed E-state index contributed by atoms with van der Waals surface area (Å²) in [5, 5.41) is 5.92. The van der Waals surface area contributed by atoms with E-state index in [2.05, 4.69) is 10.6 Å². The third-order valence-corrected chi connectivity index (χ3v) is 3.98. The number of carbonyl (C=O) groups excluding carboxylic acids is 3. The molecule has 0 aliphatic heterocycles. The number of hydrogen-bond donors (Lipinski definition) is 2. The van der Waals surface area contributed by atoms with Crippen molar-refractivity contribution in [1.29, 1.82) is 0 Å². The van der Waals surface area contributed by atoms with Crippen LogP contribution >= 0.6 is 11.6 Å². The molecule has 0 unspecified atom stereocenters. The molecule has 0 atom stereocenters. The predicted octanol–water partition coefficient (Wildman–Crippen LogP) is 4.03. The van der Waals surface area contributed by atoms with Gasteiger partial charge in [0.25, 0.3) is 5.91 Å². The van der Waals surface area contributed by atoms with Crippen molar-refractivity contribution in [2.45, 2.75) is 26.2 Å². The zero-order valence-corrected chi connectivity index (χ0v) is 16.8. The van der Waals surface area contributed by atoms with Gasteiger partial charge in [-0.25, -0.2) is 0 Å². The largest absolute Gasteiger partial charge is 0.494 e. The van der Waals surface area contributed by atoms with Crippen LogP contribution in [0.5, 0.6) is 5.75 Å². The molecule has 29 heavy (non-hydrogen) atoms. The van der Waals surface area contributed by atoms with Crippen molar-refractivity contribution in [3.8, 4) is 5.75 Å². The van der Waals surface area contributed by atoms with Gasteiger partial charge in [0.2, 0.25) is 5.91 Å². The van der Waals surface area contributed by atoms with E-state index < -0.39 is 11.9 Å². The summed E-state index contributed by atoms with van der Waals surface area (Å²) >= 11 is 5.78. The van der Waals surface area contributed by atoms with Crippen molar-refractivity contribution < 1.29 is 23.9 Å². The minimum atomic E-state index is -0.536. The molecule has 0 bridgehead atoms. The number of rotatable bonds is 10. The molecule has 0 saturated heterocycles. The molecule has 8 heteroatoms. The van der Waals surface area contributed by atoms with Crippen LogP contribution in [0.25, 0.3) is 0 Å². The molecular formula is C21H23ClN2O5. The van der Waals surface area contributed by atoms with E-state index in [0.717, 1.165) is 0 Å². The van der Waals surface area contributed by atoms with Crippen molar-refractivity contribution in [1.82, 2.24) is 0 Å². The van der Waals surface area contributed by atoms with Gasteiger partial charge in [0.1, 0.15) is 5.75 Å². The van der Waals surface area contributed by atoms with Crippen LogP contribution in [-0.4, -0.2) is 31.0 Å². The summed E-state index contributed by atoms with van der Waals surface area (Å²) in [6.07, 6.45) is 0.527. The molecule has 0 aliphatic carbocycles. The number of ether oxygens (including phenoxy) is 2. The third-order valence-electron chi connectivity index (χ3n) is 3.73. The maximum atomic E-state index is 11.8. The Morgan fingerprint density at radius 1 is 0.862 bits per heavy atom. The fraction of sp³-hybridized carbons (Fsp3) is 0.286. The number of amides is 2. The monoisotopic (exact) mass is 418 g/mol. The van der Waals surface area contributed by atoms with Gasteiger partial charge in [0.15, 0.2) is 6.61 Å². The summed E-state index contributed by atoms with van der Waals surface area (Å²) in [6.45, 7) is 2.06. The number of hydrogen-bond acceptors (Lipinski definition) is 5. The maximum absolute atomic E-state index is 11.8. The minimum Gasteiger partial charge on any atom is -0.494 e. The molecule has 0 aliphatic rings. The van der Waals surface area contributed by atoms with Gasteiger partial charge in [-0.05, 0) is 61.9 Å². The van der Waals surface area contributed by atoms with Crippen LogP contribution in [0.4, 0.5) is 11.4 Å². The Balaban J connectivity index is 1.61. The summed E-state index contributed by atoms with van der Waals surface area (Å²) in [4.78, 5) is 35.4. The van der Waals surface area contributed by atoms with E-state index in [1.165, 1.54) is 0 Å². The van der Waals surface area contributed by atoms with E-state index in [1.807, 2.05) is 6.92 Å². The summed E-state index contributed by atoms with van der Waals surface area (Å²) < 4.78 is 10.3. The molecule has 0 heterocycles. The normalized spacial score (nSPS) is 10.1. The Bertz CT molecular complexity index is 822. The van der Waals surface area contributed by atoms with Crippen molar-refractivity contribution in [2.75, 3.05) is 23.8 Å². The fourth-order valence-corrected chi connectivity index (χ4v) is 2.49. The molecule has 7 nitrogen and oxygen atoms in total. The third kappa shape index (κ3) is 8.66. The fourth-order valence-electron chi connectivity index (χ4n) is 2.37. The number of halogens is 1. The number of benzene rings is 2. The zero-order chi connectivity index (χ0) is 21.1. The second-order valence-corrected chi connectivity index (χ2v) is 6.51. The van der Waals surface area contributed by atoms with Gasteiger partial charge in [-0.3, -0.25) is 14.4 Å². The number of anilines is 2. The highest BCUT2D eigenvalue weighted by Crippen LogP contribution is 2.16. The van der Waals surface area contributed by atoms with Gasteiger partial charge in [0, 0.05) is 29.2 Å². The molecule has 2 aromatic rings. The predicted molar refractivity (Wildman–Crippen MR) is 111 cm³/mol. The highest BCUT2D eigenvalue weighted by Gasteiger charge is 2.10. The first-order chi connectivity index (χ1) is 14.0. The first-order valence-corrected chi connectivity index (χ1v) is 9.58. The first-order valence-electron chi connectivity index (χ1n) is 9.20. The Morgan fingerprint density at radius 3 is 2.07 bits per heavy atom. The average molecular weight is 419 g/mol. The van der Waals surface area contributed by atoms with E-state index in [0.29, 0.717) is 35.2 Å².